The highest BCUT2D eigenvalue weighted by atomic mass is 16.6. The van der Waals surface area contributed by atoms with Crippen molar-refractivity contribution in [1.82, 2.24) is 0 Å². The van der Waals surface area contributed by atoms with Gasteiger partial charge in [0, 0.05) is 30.2 Å². The zero-order valence-electron chi connectivity index (χ0n) is 17.0. The van der Waals surface area contributed by atoms with E-state index in [0.717, 1.165) is 11.1 Å². The first-order valence-corrected chi connectivity index (χ1v) is 9.50. The van der Waals surface area contributed by atoms with E-state index in [1.807, 2.05) is 19.9 Å². The van der Waals surface area contributed by atoms with Crippen LogP contribution in [0.3, 0.4) is 0 Å². The average molecular weight is 410 g/mol. The standard InChI is InChI=1S/C22H22N2O6/c1-13-4-6-16(8-15(13)3)20(25)12-30-22(27)17-9-21(26)23(11-17)18-7-5-14(2)19(10-18)24(28)29/h4-8,10,17H,9,11-12H2,1-3H3/t17-/m1/s1. The number of nitrogens with zero attached hydrogens (tertiary/aromatic N) is 2. The lowest BCUT2D eigenvalue weighted by Crippen LogP contribution is -2.27. The van der Waals surface area contributed by atoms with Gasteiger partial charge in [-0.1, -0.05) is 18.2 Å². The summed E-state index contributed by atoms with van der Waals surface area (Å²) in [5.41, 5.74) is 3.24. The van der Waals surface area contributed by atoms with Gasteiger partial charge in [-0.25, -0.2) is 0 Å². The van der Waals surface area contributed by atoms with Gasteiger partial charge in [-0.2, -0.15) is 0 Å². The van der Waals surface area contributed by atoms with E-state index in [9.17, 15) is 24.5 Å². The van der Waals surface area contributed by atoms with Crippen LogP contribution >= 0.6 is 0 Å². The lowest BCUT2D eigenvalue weighted by Gasteiger charge is -2.16. The van der Waals surface area contributed by atoms with Gasteiger partial charge in [0.25, 0.3) is 5.69 Å². The number of esters is 1. The Morgan fingerprint density at radius 2 is 1.80 bits per heavy atom. The lowest BCUT2D eigenvalue weighted by molar-refractivity contribution is -0.385. The molecule has 1 aliphatic rings. The number of Topliss-reactive ketones (excluding diaryl/α,β-unsaturated/α-hetero) is 1. The summed E-state index contributed by atoms with van der Waals surface area (Å²) in [6.07, 6.45) is -0.0711. The maximum Gasteiger partial charge on any atom is 0.311 e. The molecular weight excluding hydrogens is 388 g/mol. The number of anilines is 1. The highest BCUT2D eigenvalue weighted by Gasteiger charge is 2.37. The smallest absolute Gasteiger partial charge is 0.311 e. The number of hydrogen-bond donors (Lipinski definition) is 0. The number of carbonyl (C=O) groups is 3. The number of hydrogen-bond acceptors (Lipinski definition) is 6. The highest BCUT2D eigenvalue weighted by molar-refractivity contribution is 6.01. The minimum Gasteiger partial charge on any atom is -0.457 e. The Balaban J connectivity index is 1.64. The Hall–Kier alpha value is -3.55. The molecule has 1 aliphatic heterocycles. The molecule has 1 fully saturated rings. The Labute approximate surface area is 173 Å². The molecule has 1 saturated heterocycles. The highest BCUT2D eigenvalue weighted by Crippen LogP contribution is 2.30. The molecule has 1 amide bonds. The summed E-state index contributed by atoms with van der Waals surface area (Å²) in [6.45, 7) is 5.10. The fourth-order valence-corrected chi connectivity index (χ4v) is 3.33. The van der Waals surface area contributed by atoms with Gasteiger partial charge in [-0.3, -0.25) is 24.5 Å². The minimum atomic E-state index is -0.731. The normalized spacial score (nSPS) is 15.9. The molecule has 1 heterocycles. The van der Waals surface area contributed by atoms with Crippen LogP contribution in [0.15, 0.2) is 36.4 Å². The maximum absolute atomic E-state index is 12.4. The van der Waals surface area contributed by atoms with Crippen molar-refractivity contribution in [3.05, 3.63) is 68.8 Å². The number of aryl methyl sites for hydroxylation is 3. The van der Waals surface area contributed by atoms with Crippen LogP contribution in [0.1, 0.15) is 33.5 Å². The molecule has 3 rings (SSSR count). The first-order valence-electron chi connectivity index (χ1n) is 9.50. The van der Waals surface area contributed by atoms with E-state index in [-0.39, 0.29) is 30.3 Å². The van der Waals surface area contributed by atoms with Crippen molar-refractivity contribution in [1.29, 1.82) is 0 Å². The zero-order valence-corrected chi connectivity index (χ0v) is 17.0. The molecule has 8 heteroatoms. The Kier molecular flexibility index (Phi) is 5.96. The molecule has 2 aromatic carbocycles. The van der Waals surface area contributed by atoms with E-state index < -0.39 is 23.4 Å². The van der Waals surface area contributed by atoms with Crippen LogP contribution in [0, 0.1) is 36.8 Å². The first-order chi connectivity index (χ1) is 14.2. The number of amides is 1. The summed E-state index contributed by atoms with van der Waals surface area (Å²) in [5, 5.41) is 11.1. The van der Waals surface area contributed by atoms with Crippen molar-refractivity contribution < 1.29 is 24.0 Å². The molecule has 0 aromatic heterocycles. The minimum absolute atomic E-state index is 0.0513. The molecule has 0 unspecified atom stereocenters. The van der Waals surface area contributed by atoms with Crippen LogP contribution in [0.25, 0.3) is 0 Å². The molecule has 2 aromatic rings. The van der Waals surface area contributed by atoms with E-state index in [4.69, 9.17) is 4.74 Å². The van der Waals surface area contributed by atoms with E-state index in [0.29, 0.717) is 16.8 Å². The van der Waals surface area contributed by atoms with Gasteiger partial charge in [0.05, 0.1) is 16.5 Å². The molecule has 30 heavy (non-hydrogen) atoms. The van der Waals surface area contributed by atoms with E-state index >= 15 is 0 Å². The molecule has 1 atom stereocenters. The van der Waals surface area contributed by atoms with Gasteiger partial charge in [-0.05, 0) is 44.0 Å². The van der Waals surface area contributed by atoms with Gasteiger partial charge in [0.1, 0.15) is 0 Å². The summed E-state index contributed by atoms with van der Waals surface area (Å²) in [6, 6.07) is 9.76. The van der Waals surface area contributed by atoms with E-state index in [1.165, 1.54) is 11.0 Å². The second-order valence-corrected chi connectivity index (χ2v) is 7.46. The van der Waals surface area contributed by atoms with E-state index in [2.05, 4.69) is 0 Å². The third kappa shape index (κ3) is 4.37. The average Bonchev–Trinajstić information content (AvgIpc) is 3.10. The monoisotopic (exact) mass is 410 g/mol. The fourth-order valence-electron chi connectivity index (χ4n) is 3.33. The van der Waals surface area contributed by atoms with Crippen molar-refractivity contribution in [2.75, 3.05) is 18.1 Å². The van der Waals surface area contributed by atoms with E-state index in [1.54, 1.807) is 31.2 Å². The number of nitro benzene ring substituents is 1. The largest absolute Gasteiger partial charge is 0.457 e. The van der Waals surface area contributed by atoms with Gasteiger partial charge in [0.15, 0.2) is 12.4 Å². The third-order valence-electron chi connectivity index (χ3n) is 5.33. The molecule has 0 radical (unpaired) electrons. The number of carbonyl (C=O) groups excluding carboxylic acids is 3. The third-order valence-corrected chi connectivity index (χ3v) is 5.33. The van der Waals surface area contributed by atoms with Crippen molar-refractivity contribution in [3.63, 3.8) is 0 Å². The Bertz CT molecular complexity index is 1050. The van der Waals surface area contributed by atoms with Crippen molar-refractivity contribution in [2.45, 2.75) is 27.2 Å². The number of nitro groups is 1. The molecule has 0 spiro atoms. The van der Waals surface area contributed by atoms with Gasteiger partial charge >= 0.3 is 5.97 Å². The van der Waals surface area contributed by atoms with Crippen LogP contribution in [-0.4, -0.2) is 35.7 Å². The number of rotatable bonds is 6. The number of benzene rings is 2. The molecule has 8 nitrogen and oxygen atoms in total. The van der Waals surface area contributed by atoms with Crippen LogP contribution in [-0.2, 0) is 14.3 Å². The molecule has 0 N–H and O–H groups in total. The second kappa shape index (κ2) is 8.44. The molecular formula is C22H22N2O6. The quantitative estimate of drug-likeness (QED) is 0.313. The summed E-state index contributed by atoms with van der Waals surface area (Å²) in [7, 11) is 0. The first kappa shape index (κ1) is 21.2. The number of ether oxygens (including phenoxy) is 1. The van der Waals surface area contributed by atoms with Crippen LogP contribution in [0.5, 0.6) is 0 Å². The Morgan fingerprint density at radius 3 is 2.47 bits per heavy atom. The summed E-state index contributed by atoms with van der Waals surface area (Å²) < 4.78 is 5.15. The topological polar surface area (TPSA) is 107 Å². The predicted octanol–water partition coefficient (Wildman–Crippen LogP) is 3.30. The summed E-state index contributed by atoms with van der Waals surface area (Å²) in [5.74, 6) is -2.01. The molecule has 156 valence electrons. The van der Waals surface area contributed by atoms with Crippen molar-refractivity contribution in [2.24, 2.45) is 5.92 Å². The lowest BCUT2D eigenvalue weighted by atomic mass is 10.0. The predicted molar refractivity (Wildman–Crippen MR) is 109 cm³/mol. The second-order valence-electron chi connectivity index (χ2n) is 7.46. The van der Waals surface area contributed by atoms with Gasteiger partial charge in [0.2, 0.25) is 5.91 Å². The number of ketones is 1. The molecule has 0 bridgehead atoms. The van der Waals surface area contributed by atoms with Crippen molar-refractivity contribution in [3.8, 4) is 0 Å². The van der Waals surface area contributed by atoms with Crippen LogP contribution in [0.4, 0.5) is 11.4 Å². The zero-order chi connectivity index (χ0) is 22.0. The van der Waals surface area contributed by atoms with Crippen molar-refractivity contribution >= 4 is 29.0 Å². The molecule has 0 saturated carbocycles. The van der Waals surface area contributed by atoms with Crippen LogP contribution in [0.2, 0.25) is 0 Å². The SMILES string of the molecule is Cc1ccc(C(=O)COC(=O)[C@@H]2CC(=O)N(c3ccc(C)c([N+](=O)[O-])c3)C2)cc1C. The fraction of sp³-hybridized carbons (Fsp3) is 0.318. The van der Waals surface area contributed by atoms with Gasteiger partial charge < -0.3 is 9.64 Å². The Morgan fingerprint density at radius 1 is 1.10 bits per heavy atom. The maximum atomic E-state index is 12.4. The van der Waals surface area contributed by atoms with Gasteiger partial charge in [-0.15, -0.1) is 0 Å². The van der Waals surface area contributed by atoms with Crippen LogP contribution < -0.4 is 4.90 Å². The molecule has 0 aliphatic carbocycles. The summed E-state index contributed by atoms with van der Waals surface area (Å²) in [4.78, 5) is 49.0. The summed E-state index contributed by atoms with van der Waals surface area (Å²) >= 11 is 0.